The van der Waals surface area contributed by atoms with E-state index in [1.54, 1.807) is 6.07 Å². The third-order valence-corrected chi connectivity index (χ3v) is 4.44. The van der Waals surface area contributed by atoms with E-state index in [2.05, 4.69) is 45.0 Å². The van der Waals surface area contributed by atoms with Gasteiger partial charge in [0, 0.05) is 10.9 Å². The second-order valence-electron chi connectivity index (χ2n) is 5.68. The van der Waals surface area contributed by atoms with Crippen LogP contribution in [-0.2, 0) is 6.54 Å². The predicted octanol–water partition coefficient (Wildman–Crippen LogP) is 4.00. The lowest BCUT2D eigenvalue weighted by Gasteiger charge is -2.06. The molecule has 0 radical (unpaired) electrons. The summed E-state index contributed by atoms with van der Waals surface area (Å²) in [5.74, 6) is 0. The largest absolute Gasteiger partial charge is 0.239 e. The van der Waals surface area contributed by atoms with Crippen molar-refractivity contribution in [1.82, 2.24) is 4.68 Å². The van der Waals surface area contributed by atoms with Gasteiger partial charge in [0.05, 0.1) is 13.1 Å². The van der Waals surface area contributed by atoms with E-state index in [4.69, 9.17) is 13.1 Å². The number of aromatic nitrogens is 2. The Morgan fingerprint density at radius 2 is 1.95 bits per heavy atom. The van der Waals surface area contributed by atoms with Crippen LogP contribution in [0.15, 0.2) is 30.5 Å². The van der Waals surface area contributed by atoms with Gasteiger partial charge in [0.1, 0.15) is 11.2 Å². The number of hydrogen-bond acceptors (Lipinski definition) is 0. The number of fused-ring (bicyclic) bond motifs is 5. The predicted molar refractivity (Wildman–Crippen MR) is 84.6 cm³/mol. The van der Waals surface area contributed by atoms with E-state index >= 15 is 0 Å². The highest BCUT2D eigenvalue weighted by Crippen LogP contribution is 2.36. The molecule has 0 spiro atoms. The zero-order valence-electron chi connectivity index (χ0n) is 12.4. The van der Waals surface area contributed by atoms with Crippen LogP contribution in [0.5, 0.6) is 0 Å². The summed E-state index contributed by atoms with van der Waals surface area (Å²) >= 11 is 0. The molecule has 22 heavy (non-hydrogen) atoms. The number of aryl methyl sites for hydroxylation is 1. The van der Waals surface area contributed by atoms with Gasteiger partial charge in [-0.15, -0.1) is 9.36 Å². The van der Waals surface area contributed by atoms with Gasteiger partial charge in [0.25, 0.3) is 0 Å². The van der Waals surface area contributed by atoms with Crippen molar-refractivity contribution in [2.45, 2.75) is 20.4 Å². The van der Waals surface area contributed by atoms with E-state index in [0.29, 0.717) is 11.4 Å². The van der Waals surface area contributed by atoms with Crippen molar-refractivity contribution in [3.8, 4) is 5.69 Å². The summed E-state index contributed by atoms with van der Waals surface area (Å²) in [5.41, 5.74) is 6.89. The molecule has 0 unspecified atom stereocenters. The zero-order chi connectivity index (χ0) is 15.4. The molecule has 0 saturated heterocycles. The quantitative estimate of drug-likeness (QED) is 0.343. The summed E-state index contributed by atoms with van der Waals surface area (Å²) in [7, 11) is 0. The van der Waals surface area contributed by atoms with Gasteiger partial charge in [-0.1, -0.05) is 6.07 Å². The van der Waals surface area contributed by atoms with Crippen molar-refractivity contribution >= 4 is 22.3 Å². The van der Waals surface area contributed by atoms with Gasteiger partial charge >= 0.3 is 0 Å². The minimum absolute atomic E-state index is 0.518. The first-order valence-electron chi connectivity index (χ1n) is 7.07. The topological polar surface area (TPSA) is 17.5 Å². The second kappa shape index (κ2) is 4.19. The molecule has 0 fully saturated rings. The second-order valence-corrected chi connectivity index (χ2v) is 5.68. The Morgan fingerprint density at radius 1 is 1.14 bits per heavy atom. The molecule has 104 valence electrons. The Labute approximate surface area is 128 Å². The summed E-state index contributed by atoms with van der Waals surface area (Å²) in [5, 5.41) is 0.950. The third-order valence-electron chi connectivity index (χ3n) is 4.44. The Hall–Kier alpha value is -3.11. The maximum Gasteiger partial charge on any atom is 0.207 e. The van der Waals surface area contributed by atoms with Gasteiger partial charge in [0.2, 0.25) is 11.9 Å². The SMILES string of the molecule is [C-]#[N+]c1cc([N+]#[C-])c2c(c1)c[n+]1n2-c2c(ccc(C)c2C)C1. The lowest BCUT2D eigenvalue weighted by molar-refractivity contribution is -0.749. The Balaban J connectivity index is 2.16. The molecule has 0 bridgehead atoms. The van der Waals surface area contributed by atoms with Crippen molar-refractivity contribution in [2.24, 2.45) is 0 Å². The first-order chi connectivity index (χ1) is 10.6. The van der Waals surface area contributed by atoms with E-state index in [9.17, 15) is 0 Å². The molecule has 0 amide bonds. The number of hydrogen-bond donors (Lipinski definition) is 0. The molecule has 2 aromatic carbocycles. The monoisotopic (exact) mass is 285 g/mol. The number of rotatable bonds is 0. The highest BCUT2D eigenvalue weighted by atomic mass is 15.4. The fourth-order valence-corrected chi connectivity index (χ4v) is 3.26. The summed E-state index contributed by atoms with van der Waals surface area (Å²) in [6.45, 7) is 19.7. The lowest BCUT2D eigenvalue weighted by atomic mass is 10.0. The highest BCUT2D eigenvalue weighted by molar-refractivity contribution is 5.95. The maximum atomic E-state index is 7.48. The standard InChI is InChI=1S/C18H13N4/c1-11-5-6-13-9-21-10-14-7-15(19-3)8-16(20-4)18(14)22(21)17(13)12(11)2/h5-8,10H,9H2,1-2H3/q+1. The maximum absolute atomic E-state index is 7.48. The molecule has 0 aliphatic carbocycles. The van der Waals surface area contributed by atoms with Crippen LogP contribution in [0.25, 0.3) is 26.3 Å². The van der Waals surface area contributed by atoms with E-state index in [-0.39, 0.29) is 0 Å². The van der Waals surface area contributed by atoms with Gasteiger partial charge in [0.15, 0.2) is 12.2 Å². The van der Waals surface area contributed by atoms with Crippen LogP contribution >= 0.6 is 0 Å². The molecule has 1 aliphatic heterocycles. The first kappa shape index (κ1) is 12.6. The Kier molecular flexibility index (Phi) is 2.40. The van der Waals surface area contributed by atoms with Gasteiger partial charge < -0.3 is 0 Å². The van der Waals surface area contributed by atoms with Crippen LogP contribution in [0.1, 0.15) is 16.7 Å². The molecule has 0 N–H and O–H groups in total. The first-order valence-corrected chi connectivity index (χ1v) is 7.07. The third kappa shape index (κ3) is 1.47. The smallest absolute Gasteiger partial charge is 0.207 e. The van der Waals surface area contributed by atoms with Crippen LogP contribution in [0.2, 0.25) is 0 Å². The number of benzene rings is 2. The van der Waals surface area contributed by atoms with E-state index in [1.807, 2.05) is 12.3 Å². The fourth-order valence-electron chi connectivity index (χ4n) is 3.26. The highest BCUT2D eigenvalue weighted by Gasteiger charge is 2.31. The summed E-state index contributed by atoms with van der Waals surface area (Å²) in [6, 6.07) is 7.85. The van der Waals surface area contributed by atoms with Gasteiger partial charge in [-0.05, 0) is 43.2 Å². The van der Waals surface area contributed by atoms with Crippen LogP contribution in [-0.4, -0.2) is 4.68 Å². The minimum atomic E-state index is 0.518. The molecule has 1 aromatic heterocycles. The van der Waals surface area contributed by atoms with Crippen molar-refractivity contribution in [3.05, 3.63) is 70.0 Å². The van der Waals surface area contributed by atoms with Gasteiger partial charge in [-0.25, -0.2) is 9.69 Å². The normalized spacial score (nSPS) is 11.8. The molecule has 2 heterocycles. The molecule has 1 aliphatic rings. The molecular weight excluding hydrogens is 272 g/mol. The zero-order valence-corrected chi connectivity index (χ0v) is 12.4. The van der Waals surface area contributed by atoms with Crippen molar-refractivity contribution in [2.75, 3.05) is 0 Å². The van der Waals surface area contributed by atoms with E-state index in [1.165, 1.54) is 22.4 Å². The van der Waals surface area contributed by atoms with E-state index < -0.39 is 0 Å². The van der Waals surface area contributed by atoms with Gasteiger partial charge in [-0.3, -0.25) is 0 Å². The van der Waals surface area contributed by atoms with Gasteiger partial charge in [-0.2, -0.15) is 0 Å². The van der Waals surface area contributed by atoms with Crippen molar-refractivity contribution in [3.63, 3.8) is 0 Å². The molecule has 4 heteroatoms. The average Bonchev–Trinajstić information content (AvgIpc) is 3.05. The Morgan fingerprint density at radius 3 is 2.68 bits per heavy atom. The molecule has 4 nitrogen and oxygen atoms in total. The molecule has 4 rings (SSSR count). The fraction of sp³-hybridized carbons (Fsp3) is 0.167. The number of nitrogens with zero attached hydrogens (tertiary/aromatic N) is 4. The van der Waals surface area contributed by atoms with Crippen molar-refractivity contribution < 1.29 is 4.68 Å². The molecule has 0 atom stereocenters. The minimum Gasteiger partial charge on any atom is -0.239 e. The summed E-state index contributed by atoms with van der Waals surface area (Å²) in [6.07, 6.45) is 2.04. The van der Waals surface area contributed by atoms with Crippen LogP contribution in [0.3, 0.4) is 0 Å². The Bertz CT molecular complexity index is 1040. The van der Waals surface area contributed by atoms with Crippen molar-refractivity contribution in [1.29, 1.82) is 0 Å². The van der Waals surface area contributed by atoms with Crippen LogP contribution < -0.4 is 4.68 Å². The molecule has 3 aromatic rings. The summed E-state index contributed by atoms with van der Waals surface area (Å²) in [4.78, 5) is 7.13. The lowest BCUT2D eigenvalue weighted by Crippen LogP contribution is -2.36. The van der Waals surface area contributed by atoms with Crippen LogP contribution in [0.4, 0.5) is 11.4 Å². The molecular formula is C18H13N4+. The average molecular weight is 285 g/mol. The summed E-state index contributed by atoms with van der Waals surface area (Å²) < 4.78 is 4.26. The molecule has 0 saturated carbocycles. The van der Waals surface area contributed by atoms with E-state index in [0.717, 1.165) is 17.4 Å². The van der Waals surface area contributed by atoms with Crippen LogP contribution in [0, 0.1) is 27.0 Å².